The zero-order valence-electron chi connectivity index (χ0n) is 9.92. The number of rotatable bonds is 4. The highest BCUT2D eigenvalue weighted by molar-refractivity contribution is 9.10. The molecule has 0 aromatic heterocycles. The fourth-order valence-corrected chi connectivity index (χ4v) is 2.40. The summed E-state index contributed by atoms with van der Waals surface area (Å²) in [5.74, 6) is -0.311. The van der Waals surface area contributed by atoms with Crippen LogP contribution in [0.5, 0.6) is 0 Å². The zero-order valence-corrected chi connectivity index (χ0v) is 11.5. The van der Waals surface area contributed by atoms with Crippen molar-refractivity contribution < 1.29 is 13.9 Å². The van der Waals surface area contributed by atoms with Gasteiger partial charge < -0.3 is 10.1 Å². The largest absolute Gasteiger partial charge is 0.379 e. The lowest BCUT2D eigenvalue weighted by Gasteiger charge is -2.23. The number of carbonyl (C=O) groups is 1. The number of hydrogen-bond acceptors (Lipinski definition) is 3. The molecule has 3 nitrogen and oxygen atoms in total. The van der Waals surface area contributed by atoms with Gasteiger partial charge in [0, 0.05) is 29.9 Å². The summed E-state index contributed by atoms with van der Waals surface area (Å²) in [6, 6.07) is 4.70. The van der Waals surface area contributed by atoms with Crippen molar-refractivity contribution in [3.63, 3.8) is 0 Å². The molecule has 1 aliphatic rings. The Kier molecular flexibility index (Phi) is 4.86. The van der Waals surface area contributed by atoms with Crippen molar-refractivity contribution in [1.29, 1.82) is 0 Å². The van der Waals surface area contributed by atoms with Gasteiger partial charge in [-0.25, -0.2) is 4.39 Å². The molecule has 98 valence electrons. The second kappa shape index (κ2) is 6.41. The first-order chi connectivity index (χ1) is 8.65. The molecular weight excluding hydrogens is 301 g/mol. The predicted octanol–water partition coefficient (Wildman–Crippen LogP) is 2.08. The maximum atomic E-state index is 13.5. The highest BCUT2D eigenvalue weighted by Gasteiger charge is 2.18. The van der Waals surface area contributed by atoms with Gasteiger partial charge in [0.05, 0.1) is 13.2 Å². The fourth-order valence-electron chi connectivity index (χ4n) is 1.99. The van der Waals surface area contributed by atoms with E-state index in [-0.39, 0.29) is 24.1 Å². The molecule has 0 saturated carbocycles. The molecule has 1 atom stereocenters. The Morgan fingerprint density at radius 1 is 1.56 bits per heavy atom. The lowest BCUT2D eigenvalue weighted by molar-refractivity contribution is -0.119. The predicted molar refractivity (Wildman–Crippen MR) is 70.0 cm³/mol. The topological polar surface area (TPSA) is 38.3 Å². The van der Waals surface area contributed by atoms with Crippen molar-refractivity contribution in [2.75, 3.05) is 19.8 Å². The number of Topliss-reactive ketones (excluding diaryl/α,β-unsaturated/α-hetero) is 1. The lowest BCUT2D eigenvalue weighted by Crippen LogP contribution is -2.42. The van der Waals surface area contributed by atoms with E-state index in [1.807, 2.05) is 0 Å². The summed E-state index contributed by atoms with van der Waals surface area (Å²) in [4.78, 5) is 11.9. The van der Waals surface area contributed by atoms with Crippen LogP contribution in [0.2, 0.25) is 0 Å². The monoisotopic (exact) mass is 315 g/mol. The van der Waals surface area contributed by atoms with E-state index in [0.29, 0.717) is 25.2 Å². The van der Waals surface area contributed by atoms with Gasteiger partial charge in [-0.3, -0.25) is 4.79 Å². The summed E-state index contributed by atoms with van der Waals surface area (Å²) in [7, 11) is 0. The zero-order chi connectivity index (χ0) is 13.0. The number of carbonyl (C=O) groups excluding carboxylic acids is 1. The van der Waals surface area contributed by atoms with E-state index in [9.17, 15) is 9.18 Å². The van der Waals surface area contributed by atoms with Crippen LogP contribution in [-0.4, -0.2) is 31.6 Å². The number of ketones is 1. The van der Waals surface area contributed by atoms with Gasteiger partial charge in [-0.2, -0.15) is 0 Å². The highest BCUT2D eigenvalue weighted by Crippen LogP contribution is 2.17. The Balaban J connectivity index is 1.92. The average Bonchev–Trinajstić information content (AvgIpc) is 2.35. The highest BCUT2D eigenvalue weighted by atomic mass is 79.9. The van der Waals surface area contributed by atoms with Crippen molar-refractivity contribution >= 4 is 21.7 Å². The van der Waals surface area contributed by atoms with E-state index >= 15 is 0 Å². The van der Waals surface area contributed by atoms with Crippen molar-refractivity contribution in [2.45, 2.75) is 18.9 Å². The minimum Gasteiger partial charge on any atom is -0.379 e. The Bertz CT molecular complexity index is 433. The van der Waals surface area contributed by atoms with Crippen LogP contribution in [0.4, 0.5) is 4.39 Å². The molecule has 0 radical (unpaired) electrons. The van der Waals surface area contributed by atoms with Crippen molar-refractivity contribution in [3.05, 3.63) is 34.1 Å². The minimum atomic E-state index is -0.334. The summed E-state index contributed by atoms with van der Waals surface area (Å²) in [5, 5.41) is 3.21. The Labute approximate surface area is 114 Å². The molecule has 2 rings (SSSR count). The number of ether oxygens (including phenoxy) is 1. The average molecular weight is 316 g/mol. The van der Waals surface area contributed by atoms with Crippen LogP contribution in [0.3, 0.4) is 0 Å². The summed E-state index contributed by atoms with van der Waals surface area (Å²) < 4.78 is 19.6. The van der Waals surface area contributed by atoms with Gasteiger partial charge in [-0.1, -0.05) is 15.9 Å². The van der Waals surface area contributed by atoms with E-state index in [1.54, 1.807) is 12.1 Å². The first-order valence-electron chi connectivity index (χ1n) is 5.92. The molecule has 5 heteroatoms. The maximum absolute atomic E-state index is 13.5. The third kappa shape index (κ3) is 3.86. The van der Waals surface area contributed by atoms with Crippen LogP contribution in [0.1, 0.15) is 12.0 Å². The first kappa shape index (κ1) is 13.6. The molecule has 1 fully saturated rings. The van der Waals surface area contributed by atoms with Gasteiger partial charge in [0.15, 0.2) is 0 Å². The second-order valence-corrected chi connectivity index (χ2v) is 5.30. The molecule has 0 bridgehead atoms. The molecule has 1 aliphatic heterocycles. The van der Waals surface area contributed by atoms with Crippen molar-refractivity contribution in [1.82, 2.24) is 5.32 Å². The second-order valence-electron chi connectivity index (χ2n) is 4.38. The molecule has 0 spiro atoms. The molecule has 1 aromatic rings. The van der Waals surface area contributed by atoms with E-state index in [0.717, 1.165) is 11.0 Å². The number of morpholine rings is 1. The maximum Gasteiger partial charge on any atom is 0.139 e. The van der Waals surface area contributed by atoms with Crippen LogP contribution in [0.15, 0.2) is 22.7 Å². The fraction of sp³-hybridized carbons (Fsp3) is 0.462. The first-order valence-corrected chi connectivity index (χ1v) is 6.71. The molecule has 1 aromatic carbocycles. The molecule has 1 unspecified atom stereocenters. The summed E-state index contributed by atoms with van der Waals surface area (Å²) in [6.45, 7) is 2.00. The smallest absolute Gasteiger partial charge is 0.139 e. The van der Waals surface area contributed by atoms with Crippen LogP contribution in [0.25, 0.3) is 0 Å². The molecule has 1 saturated heterocycles. The number of benzene rings is 1. The Morgan fingerprint density at radius 2 is 2.39 bits per heavy atom. The summed E-state index contributed by atoms with van der Waals surface area (Å²) >= 11 is 3.27. The Hall–Kier alpha value is -0.780. The summed E-state index contributed by atoms with van der Waals surface area (Å²) in [6.07, 6.45) is 0.509. The molecule has 0 amide bonds. The van der Waals surface area contributed by atoms with Crippen LogP contribution in [0, 0.1) is 5.82 Å². The molecule has 1 N–H and O–H groups in total. The van der Waals surface area contributed by atoms with E-state index < -0.39 is 0 Å². The van der Waals surface area contributed by atoms with Crippen LogP contribution >= 0.6 is 15.9 Å². The lowest BCUT2D eigenvalue weighted by atomic mass is 10.0. The van der Waals surface area contributed by atoms with E-state index in [4.69, 9.17) is 4.74 Å². The van der Waals surface area contributed by atoms with Gasteiger partial charge in [0.2, 0.25) is 0 Å². The van der Waals surface area contributed by atoms with E-state index in [1.165, 1.54) is 6.07 Å². The third-order valence-electron chi connectivity index (χ3n) is 2.87. The van der Waals surface area contributed by atoms with Gasteiger partial charge in [-0.15, -0.1) is 0 Å². The molecule has 18 heavy (non-hydrogen) atoms. The number of hydrogen-bond donors (Lipinski definition) is 1. The van der Waals surface area contributed by atoms with Crippen molar-refractivity contribution in [2.24, 2.45) is 0 Å². The third-order valence-corrected chi connectivity index (χ3v) is 3.36. The van der Waals surface area contributed by atoms with Gasteiger partial charge in [-0.05, 0) is 23.8 Å². The van der Waals surface area contributed by atoms with Crippen molar-refractivity contribution in [3.8, 4) is 0 Å². The molecular formula is C13H15BrFNO2. The molecule has 1 heterocycles. The van der Waals surface area contributed by atoms with Crippen LogP contribution in [-0.2, 0) is 16.0 Å². The van der Waals surface area contributed by atoms with Gasteiger partial charge >= 0.3 is 0 Å². The minimum absolute atomic E-state index is 0.0231. The SMILES string of the molecule is O=C(Cc1cc(Br)ccc1F)CC1COCCN1. The number of nitrogens with one attached hydrogen (secondary N) is 1. The van der Waals surface area contributed by atoms with E-state index in [2.05, 4.69) is 21.2 Å². The number of halogens is 2. The standard InChI is InChI=1S/C13H15BrFNO2/c14-10-1-2-13(15)9(5-10)6-12(17)7-11-8-18-4-3-16-11/h1-2,5,11,16H,3-4,6-8H2. The Morgan fingerprint density at radius 3 is 3.11 bits per heavy atom. The van der Waals surface area contributed by atoms with Gasteiger partial charge in [0.1, 0.15) is 11.6 Å². The molecule has 0 aliphatic carbocycles. The quantitative estimate of drug-likeness (QED) is 0.924. The normalized spacial score (nSPS) is 19.8. The van der Waals surface area contributed by atoms with Gasteiger partial charge in [0.25, 0.3) is 0 Å². The van der Waals surface area contributed by atoms with Crippen LogP contribution < -0.4 is 5.32 Å². The summed E-state index contributed by atoms with van der Waals surface area (Å²) in [5.41, 5.74) is 0.436.